The monoisotopic (exact) mass is 160 g/mol. The van der Waals surface area contributed by atoms with Gasteiger partial charge in [0.1, 0.15) is 0 Å². The molecule has 0 spiro atoms. The van der Waals surface area contributed by atoms with Crippen molar-refractivity contribution in [3.05, 3.63) is 0 Å². The molecule has 5 nitrogen and oxygen atoms in total. The van der Waals surface area contributed by atoms with E-state index in [0.29, 0.717) is 0 Å². The van der Waals surface area contributed by atoms with Gasteiger partial charge in [0.25, 0.3) is 0 Å². The van der Waals surface area contributed by atoms with Gasteiger partial charge in [-0.3, -0.25) is 9.59 Å². The highest BCUT2D eigenvalue weighted by atomic mass is 16.3. The number of carbonyl (C=O) groups is 2. The third-order valence-corrected chi connectivity index (χ3v) is 1.03. The van der Waals surface area contributed by atoms with Crippen LogP contribution in [-0.2, 0) is 9.59 Å². The van der Waals surface area contributed by atoms with Crippen molar-refractivity contribution in [2.45, 2.75) is 12.8 Å². The first-order valence-electron chi connectivity index (χ1n) is 3.32. The first kappa shape index (κ1) is 9.90. The predicted octanol–water partition coefficient (Wildman–Crippen LogP) is -1.64. The Balaban J connectivity index is 3.30. The van der Waals surface area contributed by atoms with Crippen molar-refractivity contribution in [2.24, 2.45) is 5.73 Å². The van der Waals surface area contributed by atoms with Crippen LogP contribution < -0.4 is 11.1 Å². The predicted molar refractivity (Wildman–Crippen MR) is 38.5 cm³/mol. The molecule has 64 valence electrons. The van der Waals surface area contributed by atoms with Gasteiger partial charge in [-0.2, -0.15) is 0 Å². The molecule has 0 atom stereocenters. The Bertz CT molecular complexity index is 147. The standard InChI is InChI=1S/C6H12N2O3/c7-5(10)1-2-6(11)8-3-4-9/h9H,1-4H2,(H2,7,10)(H,8,11). The highest BCUT2D eigenvalue weighted by Crippen LogP contribution is 1.85. The summed E-state index contributed by atoms with van der Waals surface area (Å²) in [5, 5.41) is 10.7. The number of nitrogens with two attached hydrogens (primary N) is 1. The molecule has 0 fully saturated rings. The largest absolute Gasteiger partial charge is 0.395 e. The van der Waals surface area contributed by atoms with Crippen LogP contribution in [0.25, 0.3) is 0 Å². The van der Waals surface area contributed by atoms with Crippen LogP contribution in [0.3, 0.4) is 0 Å². The summed E-state index contributed by atoms with van der Waals surface area (Å²) in [6.45, 7) is 0.125. The Morgan fingerprint density at radius 2 is 2.00 bits per heavy atom. The first-order chi connectivity index (χ1) is 5.16. The van der Waals surface area contributed by atoms with Crippen LogP contribution in [0, 0.1) is 0 Å². The summed E-state index contributed by atoms with van der Waals surface area (Å²) in [6.07, 6.45) is 0.145. The second kappa shape index (κ2) is 5.67. The molecule has 0 aromatic carbocycles. The lowest BCUT2D eigenvalue weighted by Gasteiger charge is -1.99. The molecule has 4 N–H and O–H groups in total. The van der Waals surface area contributed by atoms with Crippen LogP contribution in [-0.4, -0.2) is 30.1 Å². The molecule has 0 aromatic heterocycles. The van der Waals surface area contributed by atoms with Gasteiger partial charge in [-0.1, -0.05) is 0 Å². The molecule has 0 aliphatic rings. The van der Waals surface area contributed by atoms with Crippen molar-refractivity contribution >= 4 is 11.8 Å². The molecule has 0 radical (unpaired) electrons. The third-order valence-electron chi connectivity index (χ3n) is 1.03. The highest BCUT2D eigenvalue weighted by Gasteiger charge is 2.01. The fourth-order valence-corrected chi connectivity index (χ4v) is 0.520. The van der Waals surface area contributed by atoms with Crippen molar-refractivity contribution < 1.29 is 14.7 Å². The fraction of sp³-hybridized carbons (Fsp3) is 0.667. The fourth-order valence-electron chi connectivity index (χ4n) is 0.520. The molecule has 2 amide bonds. The summed E-state index contributed by atoms with van der Waals surface area (Å²) < 4.78 is 0. The van der Waals surface area contributed by atoms with E-state index in [9.17, 15) is 9.59 Å². The molecule has 0 bridgehead atoms. The average Bonchev–Trinajstić information content (AvgIpc) is 1.97. The van der Waals surface area contributed by atoms with Crippen LogP contribution in [0.15, 0.2) is 0 Å². The quantitative estimate of drug-likeness (QED) is 0.450. The van der Waals surface area contributed by atoms with Gasteiger partial charge in [0.15, 0.2) is 0 Å². The van der Waals surface area contributed by atoms with Gasteiger partial charge in [0.05, 0.1) is 6.61 Å². The van der Waals surface area contributed by atoms with E-state index in [0.717, 1.165) is 0 Å². The zero-order valence-electron chi connectivity index (χ0n) is 6.17. The Morgan fingerprint density at radius 1 is 1.36 bits per heavy atom. The molecule has 0 heterocycles. The normalized spacial score (nSPS) is 9.18. The van der Waals surface area contributed by atoms with Gasteiger partial charge < -0.3 is 16.2 Å². The molecular formula is C6H12N2O3. The van der Waals surface area contributed by atoms with Crippen LogP contribution in [0.5, 0.6) is 0 Å². The highest BCUT2D eigenvalue weighted by molar-refractivity contribution is 5.82. The summed E-state index contributed by atoms with van der Waals surface area (Å²) in [4.78, 5) is 20.8. The van der Waals surface area contributed by atoms with Crippen LogP contribution >= 0.6 is 0 Å². The maximum absolute atomic E-state index is 10.7. The summed E-state index contributed by atoms with van der Waals surface area (Å²) in [5.74, 6) is -0.762. The van der Waals surface area contributed by atoms with Crippen LogP contribution in [0.1, 0.15) is 12.8 Å². The molecule has 0 unspecified atom stereocenters. The Morgan fingerprint density at radius 3 is 2.45 bits per heavy atom. The molecule has 0 rings (SSSR count). The summed E-state index contributed by atoms with van der Waals surface area (Å²) >= 11 is 0. The zero-order valence-corrected chi connectivity index (χ0v) is 6.17. The third kappa shape index (κ3) is 6.79. The molecular weight excluding hydrogens is 148 g/mol. The minimum atomic E-state index is -0.496. The lowest BCUT2D eigenvalue weighted by molar-refractivity contribution is -0.125. The molecule has 0 aromatic rings. The number of aliphatic hydroxyl groups is 1. The van der Waals surface area contributed by atoms with E-state index in [4.69, 9.17) is 10.8 Å². The van der Waals surface area contributed by atoms with Crippen molar-refractivity contribution in [3.63, 3.8) is 0 Å². The number of aliphatic hydroxyl groups excluding tert-OH is 1. The topological polar surface area (TPSA) is 92.4 Å². The molecule has 0 aliphatic carbocycles. The van der Waals surface area contributed by atoms with Crippen LogP contribution in [0.4, 0.5) is 0 Å². The summed E-state index contributed by atoms with van der Waals surface area (Å²) in [6, 6.07) is 0. The van der Waals surface area contributed by atoms with Crippen molar-refractivity contribution in [2.75, 3.05) is 13.2 Å². The van der Waals surface area contributed by atoms with Crippen molar-refractivity contribution in [1.29, 1.82) is 0 Å². The summed E-state index contributed by atoms with van der Waals surface area (Å²) in [5.41, 5.74) is 4.80. The van der Waals surface area contributed by atoms with Gasteiger partial charge >= 0.3 is 0 Å². The van der Waals surface area contributed by atoms with E-state index in [1.165, 1.54) is 0 Å². The number of hydrogen-bond acceptors (Lipinski definition) is 3. The number of hydrogen-bond donors (Lipinski definition) is 3. The Labute approximate surface area is 64.6 Å². The van der Waals surface area contributed by atoms with E-state index in [1.54, 1.807) is 0 Å². The van der Waals surface area contributed by atoms with Crippen molar-refractivity contribution in [3.8, 4) is 0 Å². The van der Waals surface area contributed by atoms with Gasteiger partial charge in [0.2, 0.25) is 11.8 Å². The maximum atomic E-state index is 10.7. The minimum Gasteiger partial charge on any atom is -0.395 e. The van der Waals surface area contributed by atoms with Gasteiger partial charge in [-0.25, -0.2) is 0 Å². The second-order valence-corrected chi connectivity index (χ2v) is 2.04. The lowest BCUT2D eigenvalue weighted by atomic mass is 10.3. The minimum absolute atomic E-state index is 0.0528. The number of primary amides is 1. The SMILES string of the molecule is NC(=O)CCC(=O)NCCO. The molecule has 11 heavy (non-hydrogen) atoms. The van der Waals surface area contributed by atoms with Crippen molar-refractivity contribution in [1.82, 2.24) is 5.32 Å². The molecule has 0 saturated heterocycles. The van der Waals surface area contributed by atoms with Gasteiger partial charge in [0, 0.05) is 19.4 Å². The number of amides is 2. The van der Waals surface area contributed by atoms with Gasteiger partial charge in [-0.05, 0) is 0 Å². The maximum Gasteiger partial charge on any atom is 0.220 e. The molecule has 0 saturated carbocycles. The molecule has 5 heteroatoms. The van der Waals surface area contributed by atoms with E-state index < -0.39 is 5.91 Å². The second-order valence-electron chi connectivity index (χ2n) is 2.04. The Kier molecular flexibility index (Phi) is 5.10. The lowest BCUT2D eigenvalue weighted by Crippen LogP contribution is -2.27. The smallest absolute Gasteiger partial charge is 0.220 e. The van der Waals surface area contributed by atoms with Crippen LogP contribution in [0.2, 0.25) is 0 Å². The number of rotatable bonds is 5. The zero-order chi connectivity index (χ0) is 8.69. The molecule has 0 aliphatic heterocycles. The average molecular weight is 160 g/mol. The van der Waals surface area contributed by atoms with E-state index >= 15 is 0 Å². The van der Waals surface area contributed by atoms with E-state index in [-0.39, 0.29) is 31.9 Å². The van der Waals surface area contributed by atoms with E-state index in [1.807, 2.05) is 0 Å². The van der Waals surface area contributed by atoms with Gasteiger partial charge in [-0.15, -0.1) is 0 Å². The number of nitrogens with one attached hydrogen (secondary N) is 1. The Hall–Kier alpha value is -1.10. The number of carbonyl (C=O) groups excluding carboxylic acids is 2. The summed E-state index contributed by atoms with van der Waals surface area (Å²) in [7, 11) is 0. The first-order valence-corrected chi connectivity index (χ1v) is 3.32. The van der Waals surface area contributed by atoms with E-state index in [2.05, 4.69) is 5.32 Å².